The molecule has 3 aromatic heterocycles. The fourth-order valence-corrected chi connectivity index (χ4v) is 3.45. The molecule has 4 rings (SSSR count). The quantitative estimate of drug-likeness (QED) is 0.456. The monoisotopic (exact) mass is 461 g/mol. The molecule has 2 N–H and O–H groups in total. The molecule has 4 aromatic rings. The van der Waals surface area contributed by atoms with Crippen molar-refractivity contribution in [2.24, 2.45) is 0 Å². The number of carbonyl (C=O) groups is 2. The lowest BCUT2D eigenvalue weighted by molar-refractivity contribution is 0.0941. The van der Waals surface area contributed by atoms with E-state index in [2.05, 4.69) is 15.3 Å². The van der Waals surface area contributed by atoms with Crippen molar-refractivity contribution in [1.29, 1.82) is 0 Å². The minimum Gasteiger partial charge on any atom is -0.501 e. The largest absolute Gasteiger partial charge is 0.501 e. The van der Waals surface area contributed by atoms with Crippen molar-refractivity contribution < 1.29 is 19.1 Å². The molecule has 0 aliphatic rings. The summed E-state index contributed by atoms with van der Waals surface area (Å²) in [5.74, 6) is -2.37. The molecule has 0 bridgehead atoms. The Morgan fingerprint density at radius 2 is 1.82 bits per heavy atom. The van der Waals surface area contributed by atoms with E-state index in [4.69, 9.17) is 0 Å². The Bertz CT molecular complexity index is 1420. The predicted octanol–water partition coefficient (Wildman–Crippen LogP) is 2.53. The van der Waals surface area contributed by atoms with Crippen LogP contribution >= 0.6 is 0 Å². The fourth-order valence-electron chi connectivity index (χ4n) is 3.45. The number of aromatic hydroxyl groups is 1. The number of fused-ring (bicyclic) bond motifs is 1. The molecule has 0 aliphatic heterocycles. The molecule has 3 heterocycles. The summed E-state index contributed by atoms with van der Waals surface area (Å²) < 4.78 is 14.2. The number of halogens is 1. The molecule has 10 heteroatoms. The van der Waals surface area contributed by atoms with Crippen LogP contribution in [0.2, 0.25) is 0 Å². The Hall–Kier alpha value is -4.60. The van der Waals surface area contributed by atoms with Crippen LogP contribution in [0.1, 0.15) is 33.3 Å². The Morgan fingerprint density at radius 3 is 2.50 bits per heavy atom. The zero-order chi connectivity index (χ0) is 24.2. The van der Waals surface area contributed by atoms with Crippen LogP contribution in [0.4, 0.5) is 10.1 Å². The third kappa shape index (κ3) is 4.33. The van der Waals surface area contributed by atoms with Gasteiger partial charge in [-0.3, -0.25) is 23.8 Å². The number of anilines is 1. The maximum Gasteiger partial charge on any atom is 0.300 e. The molecule has 172 valence electrons. The van der Waals surface area contributed by atoms with Crippen molar-refractivity contribution in [3.63, 3.8) is 0 Å². The van der Waals surface area contributed by atoms with E-state index in [9.17, 15) is 23.9 Å². The van der Waals surface area contributed by atoms with E-state index < -0.39 is 28.7 Å². The van der Waals surface area contributed by atoms with Gasteiger partial charge in [0.25, 0.3) is 11.8 Å². The molecule has 0 saturated heterocycles. The topological polar surface area (TPSA) is 117 Å². The Balaban J connectivity index is 1.73. The second-order valence-corrected chi connectivity index (χ2v) is 7.30. The second-order valence-electron chi connectivity index (χ2n) is 7.30. The van der Waals surface area contributed by atoms with Gasteiger partial charge in [-0.2, -0.15) is 0 Å². The van der Waals surface area contributed by atoms with Gasteiger partial charge in [-0.25, -0.2) is 9.37 Å². The first-order valence-corrected chi connectivity index (χ1v) is 10.4. The molecular weight excluding hydrogens is 441 g/mol. The van der Waals surface area contributed by atoms with Gasteiger partial charge in [-0.15, -0.1) is 0 Å². The second kappa shape index (κ2) is 9.49. The smallest absolute Gasteiger partial charge is 0.300 e. The minimum absolute atomic E-state index is 0.0292. The Labute approximate surface area is 193 Å². The molecule has 34 heavy (non-hydrogen) atoms. The first kappa shape index (κ1) is 22.6. The van der Waals surface area contributed by atoms with Crippen LogP contribution in [0, 0.1) is 5.82 Å². The molecule has 0 unspecified atom stereocenters. The van der Waals surface area contributed by atoms with Gasteiger partial charge in [-0.05, 0) is 48.9 Å². The van der Waals surface area contributed by atoms with Gasteiger partial charge in [-0.1, -0.05) is 12.1 Å². The summed E-state index contributed by atoms with van der Waals surface area (Å²) in [5.41, 5.74) is -0.0130. The number of aromatic nitrogens is 3. The minimum atomic E-state index is -0.855. The number of carbonyl (C=O) groups excluding carboxylic acids is 2. The van der Waals surface area contributed by atoms with E-state index in [1.807, 2.05) is 0 Å². The summed E-state index contributed by atoms with van der Waals surface area (Å²) in [6.07, 6.45) is 4.38. The van der Waals surface area contributed by atoms with Crippen LogP contribution < -0.4 is 15.8 Å². The van der Waals surface area contributed by atoms with Crippen molar-refractivity contribution in [2.45, 2.75) is 13.5 Å². The van der Waals surface area contributed by atoms with Crippen LogP contribution in [0.15, 0.2) is 71.9 Å². The number of hydrogen-bond donors (Lipinski definition) is 2. The zero-order valence-electron chi connectivity index (χ0n) is 18.1. The zero-order valence-corrected chi connectivity index (χ0v) is 18.1. The van der Waals surface area contributed by atoms with Crippen LogP contribution in [0.5, 0.6) is 5.75 Å². The Kier molecular flexibility index (Phi) is 6.30. The van der Waals surface area contributed by atoms with Crippen LogP contribution in [-0.4, -0.2) is 37.8 Å². The van der Waals surface area contributed by atoms with Crippen LogP contribution in [0.3, 0.4) is 0 Å². The SMILES string of the molecule is CCN(C(=O)c1ccncc1)c1cccn2c(=O)c(O)c(C(=O)NCc3ccc(F)cc3)nc12. The average molecular weight is 461 g/mol. The van der Waals surface area contributed by atoms with E-state index >= 15 is 0 Å². The lowest BCUT2D eigenvalue weighted by Crippen LogP contribution is -2.33. The van der Waals surface area contributed by atoms with E-state index in [1.54, 1.807) is 31.2 Å². The van der Waals surface area contributed by atoms with Gasteiger partial charge in [0.05, 0.1) is 5.69 Å². The van der Waals surface area contributed by atoms with Crippen molar-refractivity contribution >= 4 is 23.1 Å². The van der Waals surface area contributed by atoms with E-state index in [0.717, 1.165) is 4.40 Å². The van der Waals surface area contributed by atoms with Gasteiger partial charge >= 0.3 is 5.56 Å². The molecule has 0 spiro atoms. The highest BCUT2D eigenvalue weighted by Gasteiger charge is 2.23. The fraction of sp³-hybridized carbons (Fsp3) is 0.125. The highest BCUT2D eigenvalue weighted by molar-refractivity contribution is 6.08. The van der Waals surface area contributed by atoms with Crippen LogP contribution in [-0.2, 0) is 6.54 Å². The third-order valence-corrected chi connectivity index (χ3v) is 5.17. The van der Waals surface area contributed by atoms with Crippen LogP contribution in [0.25, 0.3) is 5.65 Å². The maximum atomic E-state index is 13.1. The normalized spacial score (nSPS) is 10.8. The molecule has 0 radical (unpaired) electrons. The Morgan fingerprint density at radius 1 is 1.12 bits per heavy atom. The summed E-state index contributed by atoms with van der Waals surface area (Å²) in [5, 5.41) is 12.9. The lowest BCUT2D eigenvalue weighted by Gasteiger charge is -2.22. The van der Waals surface area contributed by atoms with Crippen molar-refractivity contribution in [3.8, 4) is 5.75 Å². The number of nitrogens with one attached hydrogen (secondary N) is 1. The van der Waals surface area contributed by atoms with E-state index in [0.29, 0.717) is 11.1 Å². The lowest BCUT2D eigenvalue weighted by atomic mass is 10.2. The molecule has 1 aromatic carbocycles. The van der Waals surface area contributed by atoms with Gasteiger partial charge < -0.3 is 15.3 Å². The summed E-state index contributed by atoms with van der Waals surface area (Å²) in [7, 11) is 0. The number of rotatable bonds is 6. The van der Waals surface area contributed by atoms with E-state index in [-0.39, 0.29) is 30.3 Å². The summed E-state index contributed by atoms with van der Waals surface area (Å²) >= 11 is 0. The molecule has 0 atom stereocenters. The van der Waals surface area contributed by atoms with Gasteiger partial charge in [0.1, 0.15) is 5.82 Å². The number of pyridine rings is 2. The van der Waals surface area contributed by atoms with Crippen molar-refractivity contribution in [3.05, 3.63) is 100 Å². The number of amides is 2. The van der Waals surface area contributed by atoms with Gasteiger partial charge in [0, 0.05) is 37.2 Å². The summed E-state index contributed by atoms with van der Waals surface area (Å²) in [4.78, 5) is 48.2. The highest BCUT2D eigenvalue weighted by Crippen LogP contribution is 2.23. The van der Waals surface area contributed by atoms with E-state index in [1.165, 1.54) is 47.8 Å². The number of benzene rings is 1. The molecule has 2 amide bonds. The summed E-state index contributed by atoms with van der Waals surface area (Å²) in [6.45, 7) is 2.05. The maximum absolute atomic E-state index is 13.1. The molecule has 0 aliphatic carbocycles. The van der Waals surface area contributed by atoms with Crippen molar-refractivity contribution in [2.75, 3.05) is 11.4 Å². The first-order valence-electron chi connectivity index (χ1n) is 10.4. The molecule has 9 nitrogen and oxygen atoms in total. The third-order valence-electron chi connectivity index (χ3n) is 5.17. The highest BCUT2D eigenvalue weighted by atomic mass is 19.1. The molecule has 0 fully saturated rings. The number of hydrogen-bond acceptors (Lipinski definition) is 6. The predicted molar refractivity (Wildman–Crippen MR) is 122 cm³/mol. The summed E-state index contributed by atoms with van der Waals surface area (Å²) in [6, 6.07) is 11.8. The molecular formula is C24H20FN5O4. The van der Waals surface area contributed by atoms with Gasteiger partial charge in [0.2, 0.25) is 5.75 Å². The molecule has 0 saturated carbocycles. The first-order chi connectivity index (χ1) is 16.4. The van der Waals surface area contributed by atoms with Crippen molar-refractivity contribution in [1.82, 2.24) is 19.7 Å². The van der Waals surface area contributed by atoms with Gasteiger partial charge in [0.15, 0.2) is 11.3 Å². The average Bonchev–Trinajstić information content (AvgIpc) is 2.86. The number of nitrogens with zero attached hydrogens (tertiary/aromatic N) is 4. The standard InChI is InChI=1S/C24H20FN5O4/c1-2-29(23(33)16-9-11-26-12-10-16)18-4-3-13-30-21(18)28-19(20(31)24(30)34)22(32)27-14-15-5-7-17(25)8-6-15/h3-13,31H,2,14H2,1H3,(H,27,32).